The first kappa shape index (κ1) is 17.9. The van der Waals surface area contributed by atoms with Crippen LogP contribution in [0.4, 0.5) is 0 Å². The lowest BCUT2D eigenvalue weighted by atomic mass is 10.1. The van der Waals surface area contributed by atoms with Crippen LogP contribution in [0.5, 0.6) is 0 Å². The molecule has 0 aliphatic heterocycles. The summed E-state index contributed by atoms with van der Waals surface area (Å²) in [5.41, 5.74) is 0. The number of carbonyl (C=O) groups is 2. The zero-order chi connectivity index (χ0) is 14.7. The lowest BCUT2D eigenvalue weighted by Gasteiger charge is -2.26. The van der Waals surface area contributed by atoms with Crippen LogP contribution in [0.1, 0.15) is 72.1 Å². The molecule has 0 fully saturated rings. The van der Waals surface area contributed by atoms with Crippen LogP contribution < -0.4 is 0 Å². The Bertz CT molecular complexity index is 264. The van der Waals surface area contributed by atoms with Crippen LogP contribution >= 0.6 is 0 Å². The van der Waals surface area contributed by atoms with Crippen LogP contribution in [0.3, 0.4) is 0 Å². The molecule has 0 aromatic heterocycles. The molecule has 0 atom stereocenters. The topological polar surface area (TPSA) is 57.6 Å². The van der Waals surface area contributed by atoms with Crippen LogP contribution in [0, 0.1) is 0 Å². The molecule has 0 saturated heterocycles. The number of carbonyl (C=O) groups excluding carboxylic acids is 1. The molecule has 112 valence electrons. The van der Waals surface area contributed by atoms with Gasteiger partial charge >= 0.3 is 5.97 Å². The van der Waals surface area contributed by atoms with E-state index in [2.05, 4.69) is 6.92 Å². The third-order valence-corrected chi connectivity index (χ3v) is 3.23. The Balaban J connectivity index is 3.94. The maximum Gasteiger partial charge on any atom is 0.303 e. The summed E-state index contributed by atoms with van der Waals surface area (Å²) in [6, 6.07) is 0.150. The number of nitrogens with zero attached hydrogens (tertiary/aromatic N) is 1. The van der Waals surface area contributed by atoms with Crippen LogP contribution in [0.25, 0.3) is 0 Å². The Morgan fingerprint density at radius 3 is 2.16 bits per heavy atom. The van der Waals surface area contributed by atoms with E-state index in [1.54, 1.807) is 0 Å². The second kappa shape index (κ2) is 10.8. The van der Waals surface area contributed by atoms with E-state index in [9.17, 15) is 9.59 Å². The van der Waals surface area contributed by atoms with Crippen LogP contribution in [0.2, 0.25) is 0 Å². The Hall–Kier alpha value is -1.06. The van der Waals surface area contributed by atoms with Crippen LogP contribution in [0.15, 0.2) is 0 Å². The molecule has 4 nitrogen and oxygen atoms in total. The van der Waals surface area contributed by atoms with Crippen molar-refractivity contribution in [3.63, 3.8) is 0 Å². The van der Waals surface area contributed by atoms with Crippen molar-refractivity contribution in [1.82, 2.24) is 4.90 Å². The Morgan fingerprint density at radius 1 is 1.00 bits per heavy atom. The molecule has 0 rings (SSSR count). The van der Waals surface area contributed by atoms with Crippen LogP contribution in [-0.4, -0.2) is 34.5 Å². The van der Waals surface area contributed by atoms with Gasteiger partial charge < -0.3 is 10.0 Å². The molecule has 4 heteroatoms. The molecule has 0 unspecified atom stereocenters. The summed E-state index contributed by atoms with van der Waals surface area (Å²) in [5, 5.41) is 8.62. The summed E-state index contributed by atoms with van der Waals surface area (Å²) >= 11 is 0. The van der Waals surface area contributed by atoms with E-state index in [0.29, 0.717) is 19.4 Å². The van der Waals surface area contributed by atoms with Gasteiger partial charge in [0.05, 0.1) is 0 Å². The van der Waals surface area contributed by atoms with E-state index in [1.165, 1.54) is 19.3 Å². The van der Waals surface area contributed by atoms with Gasteiger partial charge in [0.1, 0.15) is 0 Å². The highest BCUT2D eigenvalue weighted by atomic mass is 16.4. The number of aliphatic carboxylic acids is 1. The maximum absolute atomic E-state index is 12.1. The van der Waals surface area contributed by atoms with Gasteiger partial charge in [-0.1, -0.05) is 32.6 Å². The highest BCUT2D eigenvalue weighted by molar-refractivity contribution is 5.76. The van der Waals surface area contributed by atoms with E-state index < -0.39 is 5.97 Å². The van der Waals surface area contributed by atoms with Gasteiger partial charge in [0.15, 0.2) is 0 Å². The molecule has 0 aromatic rings. The Kier molecular flexibility index (Phi) is 10.2. The summed E-state index contributed by atoms with van der Waals surface area (Å²) in [6.07, 6.45) is 6.96. The van der Waals surface area contributed by atoms with Crippen molar-refractivity contribution in [1.29, 1.82) is 0 Å². The first-order chi connectivity index (χ1) is 8.99. The minimum Gasteiger partial charge on any atom is -0.481 e. The van der Waals surface area contributed by atoms with Crippen molar-refractivity contribution in [2.75, 3.05) is 6.54 Å². The number of unbranched alkanes of at least 4 members (excludes halogenated alkanes) is 4. The molecule has 0 aliphatic carbocycles. The maximum atomic E-state index is 12.1. The smallest absolute Gasteiger partial charge is 0.303 e. The SMILES string of the molecule is CCCCCCCC(=O)N(CCCC(=O)O)C(C)C. The van der Waals surface area contributed by atoms with Crippen molar-refractivity contribution >= 4 is 11.9 Å². The largest absolute Gasteiger partial charge is 0.481 e. The normalized spacial score (nSPS) is 10.7. The summed E-state index contributed by atoms with van der Waals surface area (Å²) in [4.78, 5) is 24.4. The number of hydrogen-bond acceptors (Lipinski definition) is 2. The lowest BCUT2D eigenvalue weighted by molar-refractivity contribution is -0.138. The van der Waals surface area contributed by atoms with Gasteiger partial charge in [-0.2, -0.15) is 0 Å². The first-order valence-electron chi connectivity index (χ1n) is 7.50. The summed E-state index contributed by atoms with van der Waals surface area (Å²) in [7, 11) is 0. The van der Waals surface area contributed by atoms with E-state index in [4.69, 9.17) is 5.11 Å². The van der Waals surface area contributed by atoms with Crippen molar-refractivity contribution in [2.24, 2.45) is 0 Å². The average molecular weight is 271 g/mol. The van der Waals surface area contributed by atoms with Gasteiger partial charge in [-0.25, -0.2) is 0 Å². The van der Waals surface area contributed by atoms with E-state index in [1.807, 2.05) is 18.7 Å². The molecule has 0 heterocycles. The molecule has 0 aromatic carbocycles. The molecular formula is C15H29NO3. The fraction of sp³-hybridized carbons (Fsp3) is 0.867. The fourth-order valence-corrected chi connectivity index (χ4v) is 2.09. The van der Waals surface area contributed by atoms with E-state index >= 15 is 0 Å². The Morgan fingerprint density at radius 2 is 1.63 bits per heavy atom. The van der Waals surface area contributed by atoms with E-state index in [0.717, 1.165) is 12.8 Å². The summed E-state index contributed by atoms with van der Waals surface area (Å²) < 4.78 is 0. The predicted molar refractivity (Wildman–Crippen MR) is 77.1 cm³/mol. The quantitative estimate of drug-likeness (QED) is 0.586. The van der Waals surface area contributed by atoms with Gasteiger partial charge in [-0.3, -0.25) is 9.59 Å². The highest BCUT2D eigenvalue weighted by Gasteiger charge is 2.16. The number of carboxylic acids is 1. The monoisotopic (exact) mass is 271 g/mol. The fourth-order valence-electron chi connectivity index (χ4n) is 2.09. The number of carboxylic acid groups (broad SMARTS) is 1. The second-order valence-corrected chi connectivity index (χ2v) is 5.34. The zero-order valence-corrected chi connectivity index (χ0v) is 12.7. The molecule has 0 bridgehead atoms. The average Bonchev–Trinajstić information content (AvgIpc) is 2.33. The molecule has 0 radical (unpaired) electrons. The summed E-state index contributed by atoms with van der Waals surface area (Å²) in [6.45, 7) is 6.69. The molecule has 0 aliphatic rings. The standard InChI is InChI=1S/C15H29NO3/c1-4-5-6-7-8-10-14(17)16(13(2)3)12-9-11-15(18)19/h13H,4-12H2,1-3H3,(H,18,19). The van der Waals surface area contributed by atoms with Gasteiger partial charge in [-0.15, -0.1) is 0 Å². The van der Waals surface area contributed by atoms with Gasteiger partial charge in [-0.05, 0) is 26.7 Å². The molecular weight excluding hydrogens is 242 g/mol. The minimum atomic E-state index is -0.796. The van der Waals surface area contributed by atoms with Crippen LogP contribution in [-0.2, 0) is 9.59 Å². The summed E-state index contributed by atoms with van der Waals surface area (Å²) in [5.74, 6) is -0.632. The second-order valence-electron chi connectivity index (χ2n) is 5.34. The first-order valence-corrected chi connectivity index (χ1v) is 7.50. The number of amides is 1. The van der Waals surface area contributed by atoms with Gasteiger partial charge in [0, 0.05) is 25.4 Å². The third-order valence-electron chi connectivity index (χ3n) is 3.23. The van der Waals surface area contributed by atoms with Crippen molar-refractivity contribution < 1.29 is 14.7 Å². The molecule has 0 saturated carbocycles. The Labute approximate surface area is 117 Å². The number of rotatable bonds is 11. The molecule has 1 N–H and O–H groups in total. The molecule has 19 heavy (non-hydrogen) atoms. The third kappa shape index (κ3) is 9.51. The van der Waals surface area contributed by atoms with Crippen molar-refractivity contribution in [2.45, 2.75) is 78.2 Å². The highest BCUT2D eigenvalue weighted by Crippen LogP contribution is 2.10. The number of hydrogen-bond donors (Lipinski definition) is 1. The minimum absolute atomic E-state index is 0.132. The van der Waals surface area contributed by atoms with E-state index in [-0.39, 0.29) is 18.4 Å². The van der Waals surface area contributed by atoms with Crippen molar-refractivity contribution in [3.8, 4) is 0 Å². The van der Waals surface area contributed by atoms with Gasteiger partial charge in [0.2, 0.25) is 5.91 Å². The zero-order valence-electron chi connectivity index (χ0n) is 12.7. The van der Waals surface area contributed by atoms with Gasteiger partial charge in [0.25, 0.3) is 0 Å². The molecule has 1 amide bonds. The predicted octanol–water partition coefficient (Wildman–Crippen LogP) is 3.45. The lowest BCUT2D eigenvalue weighted by Crippen LogP contribution is -2.37. The molecule has 0 spiro atoms. The van der Waals surface area contributed by atoms with Crippen molar-refractivity contribution in [3.05, 3.63) is 0 Å².